The number of ether oxygens (including phenoxy) is 2. The van der Waals surface area contributed by atoms with Crippen LogP contribution in [0, 0.1) is 0 Å². The van der Waals surface area contributed by atoms with E-state index < -0.39 is 18.5 Å². The Kier molecular flexibility index (Phi) is 6.60. The number of pyridine rings is 1. The number of nitrogens with zero attached hydrogens (tertiary/aromatic N) is 1. The molecule has 0 aliphatic carbocycles. The van der Waals surface area contributed by atoms with Crippen molar-refractivity contribution in [1.82, 2.24) is 4.98 Å². The molecule has 1 amide bonds. The molecule has 2 heterocycles. The molecule has 0 atom stereocenters. The average Bonchev–Trinajstić information content (AvgIpc) is 3.23. The summed E-state index contributed by atoms with van der Waals surface area (Å²) in [4.78, 5) is 30.7. The minimum Gasteiger partial charge on any atom is -0.495 e. The van der Waals surface area contributed by atoms with E-state index in [1.165, 1.54) is 18.4 Å². The van der Waals surface area contributed by atoms with E-state index in [4.69, 9.17) is 32.7 Å². The first-order valence-corrected chi connectivity index (χ1v) is 11.0. The third-order valence-electron chi connectivity index (χ3n) is 4.53. The number of halogens is 2. The van der Waals surface area contributed by atoms with Crippen LogP contribution in [0.25, 0.3) is 21.5 Å². The van der Waals surface area contributed by atoms with Gasteiger partial charge in [-0.15, -0.1) is 11.3 Å². The van der Waals surface area contributed by atoms with Gasteiger partial charge < -0.3 is 14.8 Å². The van der Waals surface area contributed by atoms with Crippen LogP contribution in [0.1, 0.15) is 10.4 Å². The second-order valence-electron chi connectivity index (χ2n) is 6.64. The van der Waals surface area contributed by atoms with E-state index in [1.807, 2.05) is 18.2 Å². The second kappa shape index (κ2) is 9.56. The lowest BCUT2D eigenvalue weighted by Gasteiger charge is -2.12. The number of anilines is 1. The molecule has 4 aromatic rings. The van der Waals surface area contributed by atoms with Crippen molar-refractivity contribution in [3.8, 4) is 16.3 Å². The predicted octanol–water partition coefficient (Wildman–Crippen LogP) is 6.07. The summed E-state index contributed by atoms with van der Waals surface area (Å²) in [6, 6.07) is 17.3. The minimum atomic E-state index is -0.638. The molecule has 6 nitrogen and oxygen atoms in total. The van der Waals surface area contributed by atoms with Crippen molar-refractivity contribution < 1.29 is 19.1 Å². The maximum Gasteiger partial charge on any atom is 0.339 e. The van der Waals surface area contributed by atoms with E-state index in [0.717, 1.165) is 4.88 Å². The predicted molar refractivity (Wildman–Crippen MR) is 127 cm³/mol. The van der Waals surface area contributed by atoms with Gasteiger partial charge in [-0.3, -0.25) is 4.79 Å². The zero-order valence-electron chi connectivity index (χ0n) is 16.7. The SMILES string of the molecule is COc1ccc(Cl)cc1NC(=O)COC(=O)c1cc(-c2ccc(Cl)s2)nc2ccccc12. The Balaban J connectivity index is 1.55. The van der Waals surface area contributed by atoms with Gasteiger partial charge >= 0.3 is 5.97 Å². The molecule has 0 aliphatic rings. The van der Waals surface area contributed by atoms with E-state index in [0.29, 0.717) is 43.0 Å². The van der Waals surface area contributed by atoms with Gasteiger partial charge in [0.05, 0.1) is 38.8 Å². The molecule has 0 spiro atoms. The van der Waals surface area contributed by atoms with Gasteiger partial charge in [0, 0.05) is 10.4 Å². The van der Waals surface area contributed by atoms with E-state index in [2.05, 4.69) is 10.3 Å². The number of carbonyl (C=O) groups excluding carboxylic acids is 2. The van der Waals surface area contributed by atoms with Crippen LogP contribution >= 0.6 is 34.5 Å². The number of esters is 1. The van der Waals surface area contributed by atoms with Crippen LogP contribution < -0.4 is 10.1 Å². The Bertz CT molecular complexity index is 1320. The van der Waals surface area contributed by atoms with Gasteiger partial charge in [0.25, 0.3) is 5.91 Å². The zero-order chi connectivity index (χ0) is 22.7. The molecule has 0 fully saturated rings. The molecule has 2 aromatic heterocycles. The van der Waals surface area contributed by atoms with Crippen LogP contribution in [-0.2, 0) is 9.53 Å². The lowest BCUT2D eigenvalue weighted by atomic mass is 10.1. The summed E-state index contributed by atoms with van der Waals surface area (Å²) >= 11 is 13.4. The van der Waals surface area contributed by atoms with Crippen molar-refractivity contribution in [2.24, 2.45) is 0 Å². The molecule has 0 saturated heterocycles. The highest BCUT2D eigenvalue weighted by atomic mass is 35.5. The number of thiophene rings is 1. The fraction of sp³-hybridized carbons (Fsp3) is 0.0870. The zero-order valence-corrected chi connectivity index (χ0v) is 19.1. The molecule has 0 bridgehead atoms. The summed E-state index contributed by atoms with van der Waals surface area (Å²) in [6.45, 7) is -0.481. The Morgan fingerprint density at radius 3 is 2.62 bits per heavy atom. The number of hydrogen-bond acceptors (Lipinski definition) is 6. The maximum absolute atomic E-state index is 12.9. The van der Waals surface area contributed by atoms with Crippen LogP contribution in [0.4, 0.5) is 5.69 Å². The Hall–Kier alpha value is -3.13. The molecule has 0 unspecified atom stereocenters. The number of aromatic nitrogens is 1. The smallest absolute Gasteiger partial charge is 0.339 e. The normalized spacial score (nSPS) is 10.7. The fourth-order valence-electron chi connectivity index (χ4n) is 3.10. The summed E-state index contributed by atoms with van der Waals surface area (Å²) in [7, 11) is 1.48. The Morgan fingerprint density at radius 1 is 1.06 bits per heavy atom. The number of rotatable bonds is 6. The molecule has 0 saturated carbocycles. The van der Waals surface area contributed by atoms with E-state index in [9.17, 15) is 9.59 Å². The van der Waals surface area contributed by atoms with Crippen LogP contribution in [0.5, 0.6) is 5.75 Å². The molecule has 9 heteroatoms. The van der Waals surface area contributed by atoms with Gasteiger partial charge in [-0.2, -0.15) is 0 Å². The number of benzene rings is 2. The van der Waals surface area contributed by atoms with Gasteiger partial charge in [-0.1, -0.05) is 41.4 Å². The highest BCUT2D eigenvalue weighted by molar-refractivity contribution is 7.19. The number of nitrogens with one attached hydrogen (secondary N) is 1. The molecule has 32 heavy (non-hydrogen) atoms. The summed E-state index contributed by atoms with van der Waals surface area (Å²) in [5.74, 6) is -0.725. The van der Waals surface area contributed by atoms with Crippen molar-refractivity contribution in [2.45, 2.75) is 0 Å². The molecular weight excluding hydrogens is 471 g/mol. The molecule has 0 aliphatic heterocycles. The van der Waals surface area contributed by atoms with Crippen molar-refractivity contribution in [3.05, 3.63) is 75.6 Å². The van der Waals surface area contributed by atoms with E-state index in [1.54, 1.807) is 42.5 Å². The first kappa shape index (κ1) is 22.1. The highest BCUT2D eigenvalue weighted by Gasteiger charge is 2.18. The quantitative estimate of drug-likeness (QED) is 0.334. The first-order valence-electron chi connectivity index (χ1n) is 9.40. The van der Waals surface area contributed by atoms with Crippen molar-refractivity contribution in [3.63, 3.8) is 0 Å². The largest absolute Gasteiger partial charge is 0.495 e. The fourth-order valence-corrected chi connectivity index (χ4v) is 4.27. The highest BCUT2D eigenvalue weighted by Crippen LogP contribution is 2.32. The van der Waals surface area contributed by atoms with Crippen LogP contribution in [0.2, 0.25) is 9.36 Å². The third kappa shape index (κ3) is 4.85. The average molecular weight is 487 g/mol. The molecule has 1 N–H and O–H groups in total. The van der Waals surface area contributed by atoms with Crippen LogP contribution in [0.15, 0.2) is 60.7 Å². The standard InChI is InChI=1S/C23H16Cl2N2O4S/c1-30-19-7-6-13(24)10-17(19)27-22(28)12-31-23(29)15-11-18(20-8-9-21(25)32-20)26-16-5-3-2-4-14(15)16/h2-11H,12H2,1H3,(H,27,28). The number of para-hydroxylation sites is 1. The summed E-state index contributed by atoms with van der Waals surface area (Å²) in [5.41, 5.74) is 1.92. The van der Waals surface area contributed by atoms with Crippen molar-refractivity contribution in [2.75, 3.05) is 19.0 Å². The number of amides is 1. The molecule has 0 radical (unpaired) electrons. The third-order valence-corrected chi connectivity index (χ3v) is 6.02. The van der Waals surface area contributed by atoms with Crippen molar-refractivity contribution in [1.29, 1.82) is 0 Å². The van der Waals surface area contributed by atoms with Gasteiger partial charge in [0.1, 0.15) is 5.75 Å². The second-order valence-corrected chi connectivity index (χ2v) is 8.80. The summed E-state index contributed by atoms with van der Waals surface area (Å²) in [6.07, 6.45) is 0. The van der Waals surface area contributed by atoms with Crippen molar-refractivity contribution >= 4 is 63.0 Å². The minimum absolute atomic E-state index is 0.309. The topological polar surface area (TPSA) is 77.5 Å². The Morgan fingerprint density at radius 2 is 1.88 bits per heavy atom. The lowest BCUT2D eigenvalue weighted by Crippen LogP contribution is -2.21. The summed E-state index contributed by atoms with van der Waals surface area (Å²) < 4.78 is 11.1. The van der Waals surface area contributed by atoms with Gasteiger partial charge in [0.2, 0.25) is 0 Å². The monoisotopic (exact) mass is 486 g/mol. The lowest BCUT2D eigenvalue weighted by molar-refractivity contribution is -0.119. The van der Waals surface area contributed by atoms with E-state index >= 15 is 0 Å². The van der Waals surface area contributed by atoms with Gasteiger partial charge in [0.15, 0.2) is 6.61 Å². The molecule has 2 aromatic carbocycles. The summed E-state index contributed by atoms with van der Waals surface area (Å²) in [5, 5.41) is 3.69. The van der Waals surface area contributed by atoms with Gasteiger partial charge in [-0.25, -0.2) is 9.78 Å². The van der Waals surface area contributed by atoms with E-state index in [-0.39, 0.29) is 0 Å². The molecule has 4 rings (SSSR count). The van der Waals surface area contributed by atoms with Crippen LogP contribution in [0.3, 0.4) is 0 Å². The Labute approximate surface area is 197 Å². The number of carbonyl (C=O) groups is 2. The molecule has 162 valence electrons. The number of methoxy groups -OCH3 is 1. The number of hydrogen-bond donors (Lipinski definition) is 1. The first-order chi connectivity index (χ1) is 15.4. The van der Waals surface area contributed by atoms with Crippen LogP contribution in [-0.4, -0.2) is 30.6 Å². The number of fused-ring (bicyclic) bond motifs is 1. The van der Waals surface area contributed by atoms with Gasteiger partial charge in [-0.05, 0) is 42.5 Å². The molecular formula is C23H16Cl2N2O4S. The maximum atomic E-state index is 12.9.